The lowest BCUT2D eigenvalue weighted by Gasteiger charge is -2.06. The highest BCUT2D eigenvalue weighted by Gasteiger charge is 2.25. The maximum absolute atomic E-state index is 11.9. The van der Waals surface area contributed by atoms with E-state index in [0.29, 0.717) is 25.2 Å². The van der Waals surface area contributed by atoms with Crippen LogP contribution >= 0.6 is 0 Å². The van der Waals surface area contributed by atoms with Crippen LogP contribution in [0, 0.1) is 11.3 Å². The van der Waals surface area contributed by atoms with Gasteiger partial charge in [0.05, 0.1) is 0 Å². The molecule has 1 aromatic rings. The fraction of sp³-hybridized carbons (Fsp3) is 0.583. The van der Waals surface area contributed by atoms with Crippen LogP contribution in [0.5, 0.6) is 0 Å². The summed E-state index contributed by atoms with van der Waals surface area (Å²) in [5.41, 5.74) is 1.54. The molecule has 6 heteroatoms. The van der Waals surface area contributed by atoms with Gasteiger partial charge < -0.3 is 9.88 Å². The third-order valence-electron chi connectivity index (χ3n) is 2.57. The first-order chi connectivity index (χ1) is 8.42. The zero-order chi connectivity index (χ0) is 13.6. The number of aryl methyl sites for hydroxylation is 1. The molecule has 1 N–H and O–H groups in total. The van der Waals surface area contributed by atoms with Crippen molar-refractivity contribution in [3.63, 3.8) is 0 Å². The Morgan fingerprint density at radius 2 is 2.11 bits per heavy atom. The summed E-state index contributed by atoms with van der Waals surface area (Å²) in [6, 6.07) is 3.82. The molecular weight excluding hydrogens is 243 g/mol. The molecule has 0 spiro atoms. The molecule has 100 valence electrons. The van der Waals surface area contributed by atoms with Crippen molar-refractivity contribution in [3.8, 4) is 6.07 Å². The quantitative estimate of drug-likeness (QED) is 0.798. The molecule has 0 unspecified atom stereocenters. The van der Waals surface area contributed by atoms with Gasteiger partial charge in [-0.25, -0.2) is 0 Å². The number of hydrogen-bond acceptors (Lipinski definition) is 2. The molecule has 0 aliphatic carbocycles. The van der Waals surface area contributed by atoms with Gasteiger partial charge in [0.25, 0.3) is 0 Å². The Morgan fingerprint density at radius 1 is 1.39 bits per heavy atom. The van der Waals surface area contributed by atoms with E-state index >= 15 is 0 Å². The van der Waals surface area contributed by atoms with Crippen LogP contribution in [0.4, 0.5) is 13.2 Å². The van der Waals surface area contributed by atoms with E-state index in [1.807, 2.05) is 6.20 Å². The van der Waals surface area contributed by atoms with Gasteiger partial charge in [-0.3, -0.25) is 0 Å². The average molecular weight is 259 g/mol. The van der Waals surface area contributed by atoms with Crippen LogP contribution in [0.2, 0.25) is 0 Å². The van der Waals surface area contributed by atoms with E-state index in [-0.39, 0.29) is 6.42 Å². The van der Waals surface area contributed by atoms with Crippen LogP contribution in [0.3, 0.4) is 0 Å². The number of nitriles is 1. The topological polar surface area (TPSA) is 40.8 Å². The molecule has 0 atom stereocenters. The number of unbranched alkanes of at least 4 members (excludes halogenated alkanes) is 1. The lowest BCUT2D eigenvalue weighted by molar-refractivity contribution is -0.135. The van der Waals surface area contributed by atoms with Crippen LogP contribution in [0.25, 0.3) is 0 Å². The SMILES string of the molecule is Cn1cc(CNCCCCC(F)(F)F)cc1C#N. The van der Waals surface area contributed by atoms with Gasteiger partial charge in [0.1, 0.15) is 11.8 Å². The van der Waals surface area contributed by atoms with Crippen molar-refractivity contribution >= 4 is 0 Å². The number of nitrogens with one attached hydrogen (secondary N) is 1. The first-order valence-electron chi connectivity index (χ1n) is 5.75. The van der Waals surface area contributed by atoms with Gasteiger partial charge in [-0.1, -0.05) is 0 Å². The van der Waals surface area contributed by atoms with Crippen molar-refractivity contribution < 1.29 is 13.2 Å². The molecule has 1 rings (SSSR count). The summed E-state index contributed by atoms with van der Waals surface area (Å²) in [5, 5.41) is 11.8. The minimum Gasteiger partial charge on any atom is -0.342 e. The third kappa shape index (κ3) is 5.23. The van der Waals surface area contributed by atoms with Gasteiger partial charge in [-0.15, -0.1) is 0 Å². The van der Waals surface area contributed by atoms with Crippen molar-refractivity contribution in [2.24, 2.45) is 7.05 Å². The Morgan fingerprint density at radius 3 is 2.67 bits per heavy atom. The second-order valence-corrected chi connectivity index (χ2v) is 4.21. The highest BCUT2D eigenvalue weighted by atomic mass is 19.4. The summed E-state index contributed by atoms with van der Waals surface area (Å²) in [6.45, 7) is 1.12. The highest BCUT2D eigenvalue weighted by molar-refractivity contribution is 5.28. The lowest BCUT2D eigenvalue weighted by Crippen LogP contribution is -2.15. The van der Waals surface area contributed by atoms with Crippen molar-refractivity contribution in [2.45, 2.75) is 32.0 Å². The number of rotatable bonds is 6. The lowest BCUT2D eigenvalue weighted by atomic mass is 10.2. The van der Waals surface area contributed by atoms with E-state index in [0.717, 1.165) is 5.56 Å². The van der Waals surface area contributed by atoms with E-state index in [2.05, 4.69) is 11.4 Å². The molecule has 0 aliphatic heterocycles. The first kappa shape index (κ1) is 14.6. The number of alkyl halides is 3. The zero-order valence-corrected chi connectivity index (χ0v) is 10.2. The average Bonchev–Trinajstić information content (AvgIpc) is 2.62. The van der Waals surface area contributed by atoms with Crippen LogP contribution in [0.15, 0.2) is 12.3 Å². The van der Waals surface area contributed by atoms with Crippen molar-refractivity contribution in [1.82, 2.24) is 9.88 Å². The van der Waals surface area contributed by atoms with Gasteiger partial charge in [-0.05, 0) is 31.0 Å². The van der Waals surface area contributed by atoms with E-state index in [1.54, 1.807) is 17.7 Å². The first-order valence-corrected chi connectivity index (χ1v) is 5.75. The minimum atomic E-state index is -4.05. The maximum atomic E-state index is 11.9. The Balaban J connectivity index is 2.16. The van der Waals surface area contributed by atoms with Gasteiger partial charge in [-0.2, -0.15) is 18.4 Å². The standard InChI is InChI=1S/C12H16F3N3/c1-18-9-10(6-11(18)7-16)8-17-5-3-2-4-12(13,14)15/h6,9,17H,2-5,8H2,1H3. The monoisotopic (exact) mass is 259 g/mol. The van der Waals surface area contributed by atoms with Crippen molar-refractivity contribution in [3.05, 3.63) is 23.5 Å². The Labute approximate surface area is 104 Å². The van der Waals surface area contributed by atoms with Gasteiger partial charge in [0.15, 0.2) is 0 Å². The van der Waals surface area contributed by atoms with E-state index in [1.165, 1.54) is 0 Å². The number of halogens is 3. The Hall–Kier alpha value is -1.48. The van der Waals surface area contributed by atoms with E-state index in [9.17, 15) is 13.2 Å². The van der Waals surface area contributed by atoms with E-state index < -0.39 is 12.6 Å². The largest absolute Gasteiger partial charge is 0.389 e. The molecule has 0 fully saturated rings. The second kappa shape index (κ2) is 6.45. The van der Waals surface area contributed by atoms with E-state index in [4.69, 9.17) is 5.26 Å². The number of aromatic nitrogens is 1. The normalized spacial score (nSPS) is 11.5. The third-order valence-corrected chi connectivity index (χ3v) is 2.57. The molecule has 18 heavy (non-hydrogen) atoms. The minimum absolute atomic E-state index is 0.148. The predicted molar refractivity (Wildman–Crippen MR) is 61.7 cm³/mol. The highest BCUT2D eigenvalue weighted by Crippen LogP contribution is 2.21. The molecule has 0 aliphatic rings. The maximum Gasteiger partial charge on any atom is 0.389 e. The van der Waals surface area contributed by atoms with Crippen LogP contribution in [-0.4, -0.2) is 17.3 Å². The molecule has 3 nitrogen and oxygen atoms in total. The number of hydrogen-bond donors (Lipinski definition) is 1. The Kier molecular flexibility index (Phi) is 5.23. The summed E-state index contributed by atoms with van der Waals surface area (Å²) in [7, 11) is 1.78. The molecular formula is C12H16F3N3. The van der Waals surface area contributed by atoms with Crippen LogP contribution < -0.4 is 5.32 Å². The molecule has 0 saturated carbocycles. The van der Waals surface area contributed by atoms with Crippen LogP contribution in [0.1, 0.15) is 30.5 Å². The van der Waals surface area contributed by atoms with Gasteiger partial charge >= 0.3 is 6.18 Å². The van der Waals surface area contributed by atoms with Crippen LogP contribution in [-0.2, 0) is 13.6 Å². The molecule has 1 heterocycles. The smallest absolute Gasteiger partial charge is 0.342 e. The zero-order valence-electron chi connectivity index (χ0n) is 10.2. The fourth-order valence-corrected chi connectivity index (χ4v) is 1.65. The molecule has 0 radical (unpaired) electrons. The summed E-state index contributed by atoms with van der Waals surface area (Å²) in [5.74, 6) is 0. The summed E-state index contributed by atoms with van der Waals surface area (Å²) >= 11 is 0. The molecule has 0 bridgehead atoms. The molecule has 0 amide bonds. The summed E-state index contributed by atoms with van der Waals surface area (Å²) in [4.78, 5) is 0. The Bertz CT molecular complexity index is 415. The van der Waals surface area contributed by atoms with Crippen molar-refractivity contribution in [1.29, 1.82) is 5.26 Å². The summed E-state index contributed by atoms with van der Waals surface area (Å²) < 4.78 is 37.3. The van der Waals surface area contributed by atoms with Gasteiger partial charge in [0, 0.05) is 26.2 Å². The van der Waals surface area contributed by atoms with Crippen molar-refractivity contribution in [2.75, 3.05) is 6.54 Å². The molecule has 1 aromatic heterocycles. The second-order valence-electron chi connectivity index (χ2n) is 4.21. The molecule has 0 aromatic carbocycles. The van der Waals surface area contributed by atoms with Gasteiger partial charge in [0.2, 0.25) is 0 Å². The number of nitrogens with zero attached hydrogens (tertiary/aromatic N) is 2. The fourth-order valence-electron chi connectivity index (χ4n) is 1.65. The predicted octanol–water partition coefficient (Wildman–Crippen LogP) is 2.72. The molecule has 0 saturated heterocycles. The summed E-state index contributed by atoms with van der Waals surface area (Å²) in [6.07, 6.45) is -2.30.